The van der Waals surface area contributed by atoms with Crippen molar-refractivity contribution in [3.63, 3.8) is 0 Å². The molecule has 1 aromatic carbocycles. The van der Waals surface area contributed by atoms with Crippen LogP contribution in [0, 0.1) is 5.41 Å². The van der Waals surface area contributed by atoms with Crippen molar-refractivity contribution in [3.05, 3.63) is 41.2 Å². The molecule has 1 aliphatic rings. The third-order valence-corrected chi connectivity index (χ3v) is 5.18. The van der Waals surface area contributed by atoms with Crippen LogP contribution in [0.2, 0.25) is 5.02 Å². The number of nitrogens with one attached hydrogen (secondary N) is 2. The number of rotatable bonds is 5. The topological polar surface area (TPSA) is 121 Å². The second-order valence-corrected chi connectivity index (χ2v) is 6.96. The summed E-state index contributed by atoms with van der Waals surface area (Å²) in [4.78, 5) is 17.6. The molecule has 0 amide bonds. The molecular weight excluding hydrogens is 376 g/mol. The van der Waals surface area contributed by atoms with Crippen LogP contribution in [0.25, 0.3) is 11.1 Å². The summed E-state index contributed by atoms with van der Waals surface area (Å²) in [6.45, 7) is 1.30. The third-order valence-electron chi connectivity index (χ3n) is 4.91. The van der Waals surface area contributed by atoms with E-state index in [1.807, 2.05) is 25.2 Å². The molecule has 0 unspecified atom stereocenters. The van der Waals surface area contributed by atoms with Gasteiger partial charge in [0.2, 0.25) is 0 Å². The standard InChI is InChI=1S/C19H22ClN5O.CH5N/c1-23-17-3-2-13(8-14(17)9-21)15-10-24-11-16(20)18(15)25-6-4-19(22,12-26)5-7-25;1-2/h2-3,8-12,21,23H,4-7,22H2,1H3;2H2,1H3. The summed E-state index contributed by atoms with van der Waals surface area (Å²) in [6, 6.07) is 5.87. The molecule has 8 heteroatoms. The summed E-state index contributed by atoms with van der Waals surface area (Å²) in [5.74, 6) is 0. The Labute approximate surface area is 170 Å². The fraction of sp³-hybridized carbons (Fsp3) is 0.350. The van der Waals surface area contributed by atoms with Crippen LogP contribution in [0.5, 0.6) is 0 Å². The lowest BCUT2D eigenvalue weighted by Crippen LogP contribution is -2.51. The quantitative estimate of drug-likeness (QED) is 0.450. The Bertz CT molecular complexity index is 833. The predicted molar refractivity (Wildman–Crippen MR) is 117 cm³/mol. The molecule has 1 aromatic heterocycles. The maximum absolute atomic E-state index is 11.2. The molecule has 0 spiro atoms. The van der Waals surface area contributed by atoms with Crippen molar-refractivity contribution in [2.24, 2.45) is 11.5 Å². The van der Waals surface area contributed by atoms with E-state index in [2.05, 4.69) is 20.9 Å². The summed E-state index contributed by atoms with van der Waals surface area (Å²) in [5, 5.41) is 11.3. The Morgan fingerprint density at radius 3 is 2.54 bits per heavy atom. The highest BCUT2D eigenvalue weighted by Gasteiger charge is 2.31. The zero-order valence-corrected chi connectivity index (χ0v) is 17.0. The number of nitrogens with zero attached hydrogens (tertiary/aromatic N) is 2. The van der Waals surface area contributed by atoms with Crippen LogP contribution in [0.15, 0.2) is 30.6 Å². The van der Waals surface area contributed by atoms with Gasteiger partial charge in [0.25, 0.3) is 0 Å². The van der Waals surface area contributed by atoms with Gasteiger partial charge in [-0.25, -0.2) is 0 Å². The van der Waals surface area contributed by atoms with Gasteiger partial charge in [-0.2, -0.15) is 0 Å². The van der Waals surface area contributed by atoms with Gasteiger partial charge in [-0.05, 0) is 37.6 Å². The molecule has 1 saturated heterocycles. The van der Waals surface area contributed by atoms with Crippen LogP contribution in [0.4, 0.5) is 11.4 Å². The molecule has 28 heavy (non-hydrogen) atoms. The molecule has 6 N–H and O–H groups in total. The Morgan fingerprint density at radius 2 is 1.96 bits per heavy atom. The van der Waals surface area contributed by atoms with E-state index < -0.39 is 5.54 Å². The summed E-state index contributed by atoms with van der Waals surface area (Å²) < 4.78 is 0. The van der Waals surface area contributed by atoms with Crippen LogP contribution in [-0.2, 0) is 4.79 Å². The van der Waals surface area contributed by atoms with Crippen molar-refractivity contribution in [3.8, 4) is 11.1 Å². The smallest absolute Gasteiger partial charge is 0.139 e. The predicted octanol–water partition coefficient (Wildman–Crippen LogP) is 2.51. The molecule has 0 saturated carbocycles. The Morgan fingerprint density at radius 1 is 1.29 bits per heavy atom. The second kappa shape index (κ2) is 9.64. The molecule has 0 aliphatic carbocycles. The molecule has 1 fully saturated rings. The molecule has 0 atom stereocenters. The number of hydrogen-bond acceptors (Lipinski definition) is 7. The fourth-order valence-corrected chi connectivity index (χ4v) is 3.58. The normalized spacial score (nSPS) is 15.2. The first-order valence-electron chi connectivity index (χ1n) is 9.05. The molecule has 7 nitrogen and oxygen atoms in total. The van der Waals surface area contributed by atoms with Gasteiger partial charge in [0.05, 0.1) is 16.2 Å². The van der Waals surface area contributed by atoms with Gasteiger partial charge in [-0.1, -0.05) is 17.7 Å². The second-order valence-electron chi connectivity index (χ2n) is 6.55. The number of carbonyl (C=O) groups is 1. The fourth-order valence-electron chi connectivity index (χ4n) is 3.30. The van der Waals surface area contributed by atoms with E-state index in [4.69, 9.17) is 22.7 Å². The molecule has 2 aromatic rings. The number of benzene rings is 1. The van der Waals surface area contributed by atoms with Crippen molar-refractivity contribution in [1.82, 2.24) is 4.98 Å². The first kappa shape index (κ1) is 21.8. The van der Waals surface area contributed by atoms with Crippen molar-refractivity contribution < 1.29 is 4.79 Å². The van der Waals surface area contributed by atoms with Gasteiger partial charge in [0.1, 0.15) is 6.29 Å². The van der Waals surface area contributed by atoms with E-state index in [0.717, 1.165) is 34.4 Å². The van der Waals surface area contributed by atoms with Crippen LogP contribution >= 0.6 is 11.6 Å². The molecule has 150 valence electrons. The number of aldehydes is 1. The number of pyridine rings is 1. The minimum absolute atomic E-state index is 0.562. The van der Waals surface area contributed by atoms with E-state index >= 15 is 0 Å². The molecule has 0 radical (unpaired) electrons. The molecule has 0 bridgehead atoms. The first-order chi connectivity index (χ1) is 13.5. The number of piperidine rings is 1. The molecule has 3 rings (SSSR count). The third kappa shape index (κ3) is 4.49. The number of nitrogens with two attached hydrogens (primary N) is 2. The van der Waals surface area contributed by atoms with Gasteiger partial charge in [0.15, 0.2) is 0 Å². The van der Waals surface area contributed by atoms with Crippen molar-refractivity contribution in [2.75, 3.05) is 37.4 Å². The van der Waals surface area contributed by atoms with Crippen molar-refractivity contribution in [2.45, 2.75) is 18.4 Å². The summed E-state index contributed by atoms with van der Waals surface area (Å²) >= 11 is 6.49. The number of anilines is 2. The van der Waals surface area contributed by atoms with Gasteiger partial charge in [0, 0.05) is 55.6 Å². The summed E-state index contributed by atoms with van der Waals surface area (Å²) in [7, 11) is 3.33. The number of halogens is 1. The van der Waals surface area contributed by atoms with Gasteiger partial charge in [-0.3, -0.25) is 4.98 Å². The molecule has 2 heterocycles. The van der Waals surface area contributed by atoms with Crippen molar-refractivity contribution in [1.29, 1.82) is 5.41 Å². The number of aromatic nitrogens is 1. The number of hydrogen-bond donors (Lipinski definition) is 4. The average Bonchev–Trinajstić information content (AvgIpc) is 2.75. The highest BCUT2D eigenvalue weighted by molar-refractivity contribution is 6.33. The van der Waals surface area contributed by atoms with E-state index in [1.165, 1.54) is 13.3 Å². The highest BCUT2D eigenvalue weighted by atomic mass is 35.5. The monoisotopic (exact) mass is 402 g/mol. The Kier molecular flexibility index (Phi) is 7.51. The highest BCUT2D eigenvalue weighted by Crippen LogP contribution is 2.38. The van der Waals surface area contributed by atoms with Crippen LogP contribution in [0.3, 0.4) is 0 Å². The van der Waals surface area contributed by atoms with E-state index in [-0.39, 0.29) is 0 Å². The first-order valence-corrected chi connectivity index (χ1v) is 9.43. The number of carbonyl (C=O) groups excluding carboxylic acids is 1. The summed E-state index contributed by atoms with van der Waals surface area (Å²) in [5.41, 5.74) is 14.2. The Hall–Kier alpha value is -2.48. The molecular formula is C20H27ClN6O. The van der Waals surface area contributed by atoms with E-state index in [9.17, 15) is 4.79 Å². The van der Waals surface area contributed by atoms with Gasteiger partial charge < -0.3 is 31.9 Å². The maximum atomic E-state index is 11.2. The minimum Gasteiger partial charge on any atom is -0.388 e. The lowest BCUT2D eigenvalue weighted by Gasteiger charge is -2.38. The van der Waals surface area contributed by atoms with Crippen LogP contribution in [-0.4, -0.2) is 50.2 Å². The Balaban J connectivity index is 0.00000136. The van der Waals surface area contributed by atoms with E-state index in [0.29, 0.717) is 31.0 Å². The zero-order valence-electron chi connectivity index (χ0n) is 16.2. The minimum atomic E-state index is -0.752. The maximum Gasteiger partial charge on any atom is 0.139 e. The van der Waals surface area contributed by atoms with Crippen molar-refractivity contribution >= 4 is 35.5 Å². The van der Waals surface area contributed by atoms with Crippen LogP contribution in [0.1, 0.15) is 18.4 Å². The summed E-state index contributed by atoms with van der Waals surface area (Å²) in [6.07, 6.45) is 6.75. The largest absolute Gasteiger partial charge is 0.388 e. The van der Waals surface area contributed by atoms with E-state index in [1.54, 1.807) is 12.4 Å². The lowest BCUT2D eigenvalue weighted by molar-refractivity contribution is -0.112. The van der Waals surface area contributed by atoms with Gasteiger partial charge >= 0.3 is 0 Å². The molecule has 1 aliphatic heterocycles. The van der Waals surface area contributed by atoms with Gasteiger partial charge in [-0.15, -0.1) is 0 Å². The average molecular weight is 403 g/mol. The zero-order chi connectivity index (χ0) is 20.7. The van der Waals surface area contributed by atoms with Crippen LogP contribution < -0.4 is 21.7 Å². The lowest BCUT2D eigenvalue weighted by atomic mass is 9.89. The SMILES string of the molecule is CN.CNc1ccc(-c2cncc(Cl)c2N2CCC(N)(C=O)CC2)cc1C=N.